The van der Waals surface area contributed by atoms with Crippen molar-refractivity contribution in [2.45, 2.75) is 6.92 Å². The Morgan fingerprint density at radius 3 is 2.65 bits per heavy atom. The summed E-state index contributed by atoms with van der Waals surface area (Å²) in [6.07, 6.45) is 1.30. The second-order valence-corrected chi connectivity index (χ2v) is 4.11. The molecule has 0 bridgehead atoms. The van der Waals surface area contributed by atoms with E-state index in [2.05, 4.69) is 15.3 Å². The molecule has 0 unspecified atom stereocenters. The molecule has 0 saturated carbocycles. The first-order chi connectivity index (χ1) is 9.58. The van der Waals surface area contributed by atoms with Gasteiger partial charge in [0.2, 0.25) is 5.82 Å². The first-order valence-electron chi connectivity index (χ1n) is 5.90. The van der Waals surface area contributed by atoms with Gasteiger partial charge in [-0.05, 0) is 30.7 Å². The minimum atomic E-state index is -0.481. The molecule has 0 aliphatic heterocycles. The third-order valence-corrected chi connectivity index (χ3v) is 2.93. The molecule has 0 atom stereocenters. The van der Waals surface area contributed by atoms with E-state index in [1.54, 1.807) is 32.4 Å². The molecule has 0 saturated heterocycles. The van der Waals surface area contributed by atoms with Crippen molar-refractivity contribution in [1.29, 1.82) is 0 Å². The largest absolute Gasteiger partial charge is 0.497 e. The number of anilines is 1. The number of nitrogens with one attached hydrogen (secondary N) is 1. The summed E-state index contributed by atoms with van der Waals surface area (Å²) < 4.78 is 5.13. The van der Waals surface area contributed by atoms with Crippen LogP contribution >= 0.6 is 0 Å². The van der Waals surface area contributed by atoms with Gasteiger partial charge in [-0.15, -0.1) is 0 Å². The van der Waals surface area contributed by atoms with Crippen molar-refractivity contribution in [3.05, 3.63) is 40.2 Å². The molecule has 0 aliphatic rings. The second kappa shape index (κ2) is 5.52. The predicted molar refractivity (Wildman–Crippen MR) is 75.0 cm³/mol. The maximum atomic E-state index is 11.3. The molecule has 7 nitrogen and oxygen atoms in total. The Morgan fingerprint density at radius 2 is 2.10 bits per heavy atom. The van der Waals surface area contributed by atoms with Crippen molar-refractivity contribution in [3.8, 4) is 17.0 Å². The molecule has 0 aliphatic carbocycles. The molecule has 0 amide bonds. The molecule has 1 N–H and O–H groups in total. The monoisotopic (exact) mass is 274 g/mol. The molecule has 7 heteroatoms. The quantitative estimate of drug-likeness (QED) is 0.680. The van der Waals surface area contributed by atoms with Crippen LogP contribution in [-0.2, 0) is 0 Å². The summed E-state index contributed by atoms with van der Waals surface area (Å²) in [6.45, 7) is 1.85. The van der Waals surface area contributed by atoms with Gasteiger partial charge in [-0.3, -0.25) is 10.1 Å². The highest BCUT2D eigenvalue weighted by Crippen LogP contribution is 2.35. The summed E-state index contributed by atoms with van der Waals surface area (Å²) in [6, 6.07) is 5.30. The number of rotatable bonds is 4. The molecule has 104 valence electrons. The van der Waals surface area contributed by atoms with Gasteiger partial charge >= 0.3 is 5.69 Å². The van der Waals surface area contributed by atoms with Crippen molar-refractivity contribution in [2.75, 3.05) is 19.5 Å². The molecule has 0 radical (unpaired) electrons. The second-order valence-electron chi connectivity index (χ2n) is 4.11. The molecule has 0 spiro atoms. The Labute approximate surface area is 115 Å². The van der Waals surface area contributed by atoms with Crippen molar-refractivity contribution in [3.63, 3.8) is 0 Å². The fraction of sp³-hybridized carbons (Fsp3) is 0.231. The van der Waals surface area contributed by atoms with Gasteiger partial charge in [0.1, 0.15) is 12.1 Å². The molecule has 1 heterocycles. The van der Waals surface area contributed by atoms with Gasteiger partial charge in [0, 0.05) is 12.6 Å². The van der Waals surface area contributed by atoms with Crippen molar-refractivity contribution >= 4 is 11.5 Å². The number of methoxy groups -OCH3 is 1. The van der Waals surface area contributed by atoms with E-state index < -0.39 is 4.92 Å². The van der Waals surface area contributed by atoms with E-state index >= 15 is 0 Å². The lowest BCUT2D eigenvalue weighted by Crippen LogP contribution is -2.03. The minimum absolute atomic E-state index is 0.136. The molecular weight excluding hydrogens is 260 g/mol. The maximum absolute atomic E-state index is 11.3. The van der Waals surface area contributed by atoms with Gasteiger partial charge in [0.25, 0.3) is 0 Å². The standard InChI is InChI=1S/C13H14N4O3/c1-8-6-9(20-3)4-5-10(8)11-12(17(18)19)13(14-2)16-7-15-11/h4-7H,1-3H3,(H,14,15,16). The molecule has 0 fully saturated rings. The highest BCUT2D eigenvalue weighted by Gasteiger charge is 2.24. The van der Waals surface area contributed by atoms with Gasteiger partial charge in [-0.25, -0.2) is 9.97 Å². The van der Waals surface area contributed by atoms with Crippen molar-refractivity contribution in [2.24, 2.45) is 0 Å². The molecule has 20 heavy (non-hydrogen) atoms. The first kappa shape index (κ1) is 13.7. The summed E-state index contributed by atoms with van der Waals surface area (Å²) in [7, 11) is 3.15. The van der Waals surface area contributed by atoms with Crippen molar-refractivity contribution in [1.82, 2.24) is 9.97 Å². The van der Waals surface area contributed by atoms with Crippen LogP contribution in [0.15, 0.2) is 24.5 Å². The number of nitro groups is 1. The van der Waals surface area contributed by atoms with Crippen molar-refractivity contribution < 1.29 is 9.66 Å². The van der Waals surface area contributed by atoms with Crippen LogP contribution in [0.5, 0.6) is 5.75 Å². The van der Waals surface area contributed by atoms with E-state index in [0.29, 0.717) is 11.3 Å². The average molecular weight is 274 g/mol. The molecular formula is C13H14N4O3. The van der Waals surface area contributed by atoms with E-state index in [1.807, 2.05) is 6.92 Å². The zero-order valence-electron chi connectivity index (χ0n) is 11.4. The molecule has 2 rings (SSSR count). The van der Waals surface area contributed by atoms with Crippen LogP contribution in [-0.4, -0.2) is 29.0 Å². The lowest BCUT2D eigenvalue weighted by molar-refractivity contribution is -0.383. The number of hydrogen-bond donors (Lipinski definition) is 1. The number of aryl methyl sites for hydroxylation is 1. The third kappa shape index (κ3) is 2.37. The lowest BCUT2D eigenvalue weighted by Gasteiger charge is -2.09. The zero-order chi connectivity index (χ0) is 14.7. The predicted octanol–water partition coefficient (Wildman–Crippen LogP) is 2.41. The van der Waals surface area contributed by atoms with Gasteiger partial charge in [0.15, 0.2) is 5.69 Å². The van der Waals surface area contributed by atoms with Crippen LogP contribution in [0.3, 0.4) is 0 Å². The van der Waals surface area contributed by atoms with Crippen LogP contribution in [0.4, 0.5) is 11.5 Å². The SMILES string of the molecule is CNc1ncnc(-c2ccc(OC)cc2C)c1[N+](=O)[O-]. The normalized spacial score (nSPS) is 10.2. The lowest BCUT2D eigenvalue weighted by atomic mass is 10.0. The van der Waals surface area contributed by atoms with Crippen LogP contribution in [0.2, 0.25) is 0 Å². The Hall–Kier alpha value is -2.70. The Bertz CT molecular complexity index is 658. The molecule has 1 aromatic heterocycles. The summed E-state index contributed by atoms with van der Waals surface area (Å²) in [4.78, 5) is 18.7. The van der Waals surface area contributed by atoms with E-state index in [0.717, 1.165) is 5.56 Å². The first-order valence-corrected chi connectivity index (χ1v) is 5.90. The third-order valence-electron chi connectivity index (χ3n) is 2.93. The van der Waals surface area contributed by atoms with Crippen LogP contribution < -0.4 is 10.1 Å². The number of benzene rings is 1. The fourth-order valence-corrected chi connectivity index (χ4v) is 1.96. The van der Waals surface area contributed by atoms with Gasteiger partial charge < -0.3 is 10.1 Å². The molecule has 1 aromatic carbocycles. The van der Waals surface area contributed by atoms with E-state index in [9.17, 15) is 10.1 Å². The number of aromatic nitrogens is 2. The summed E-state index contributed by atoms with van der Waals surface area (Å²) >= 11 is 0. The highest BCUT2D eigenvalue weighted by atomic mass is 16.6. The number of hydrogen-bond acceptors (Lipinski definition) is 6. The Morgan fingerprint density at radius 1 is 1.35 bits per heavy atom. The fourth-order valence-electron chi connectivity index (χ4n) is 1.96. The van der Waals surface area contributed by atoms with E-state index in [-0.39, 0.29) is 17.2 Å². The summed E-state index contributed by atoms with van der Waals surface area (Å²) in [5.41, 5.74) is 1.67. The minimum Gasteiger partial charge on any atom is -0.497 e. The van der Waals surface area contributed by atoms with Crippen LogP contribution in [0.1, 0.15) is 5.56 Å². The number of ether oxygens (including phenoxy) is 1. The van der Waals surface area contributed by atoms with Gasteiger partial charge in [0.05, 0.1) is 12.0 Å². The Balaban J connectivity index is 2.66. The van der Waals surface area contributed by atoms with Gasteiger partial charge in [-0.2, -0.15) is 0 Å². The van der Waals surface area contributed by atoms with E-state index in [1.165, 1.54) is 6.33 Å². The maximum Gasteiger partial charge on any atom is 0.337 e. The number of nitrogens with zero attached hydrogens (tertiary/aromatic N) is 3. The summed E-state index contributed by atoms with van der Waals surface area (Å²) in [5, 5.41) is 14.0. The highest BCUT2D eigenvalue weighted by molar-refractivity contribution is 5.78. The van der Waals surface area contributed by atoms with E-state index in [4.69, 9.17) is 4.74 Å². The summed E-state index contributed by atoms with van der Waals surface area (Å²) in [5.74, 6) is 0.881. The smallest absolute Gasteiger partial charge is 0.337 e. The van der Waals surface area contributed by atoms with Crippen LogP contribution in [0, 0.1) is 17.0 Å². The topological polar surface area (TPSA) is 90.2 Å². The van der Waals surface area contributed by atoms with Gasteiger partial charge in [-0.1, -0.05) is 0 Å². The average Bonchev–Trinajstić information content (AvgIpc) is 2.46. The van der Waals surface area contributed by atoms with Crippen LogP contribution in [0.25, 0.3) is 11.3 Å². The molecule has 2 aromatic rings. The Kier molecular flexibility index (Phi) is 3.79. The zero-order valence-corrected chi connectivity index (χ0v) is 11.4.